The molecule has 4 nitrogen and oxygen atoms in total. The van der Waals surface area contributed by atoms with Crippen molar-refractivity contribution in [1.29, 1.82) is 0 Å². The minimum Gasteiger partial charge on any atom is -0.355 e. The van der Waals surface area contributed by atoms with Gasteiger partial charge in [0.15, 0.2) is 0 Å². The summed E-state index contributed by atoms with van der Waals surface area (Å²) in [6.07, 6.45) is 0.863. The van der Waals surface area contributed by atoms with Gasteiger partial charge in [0.1, 0.15) is 6.54 Å². The van der Waals surface area contributed by atoms with Gasteiger partial charge in [-0.15, -0.1) is 0 Å². The largest absolute Gasteiger partial charge is 0.355 e. The molecular weight excluding hydrogens is 264 g/mol. The molecule has 104 valence electrons. The van der Waals surface area contributed by atoms with Gasteiger partial charge in [-0.1, -0.05) is 24.6 Å². The molecule has 0 fully saturated rings. The third-order valence-electron chi connectivity index (χ3n) is 2.78. The second-order valence-corrected chi connectivity index (χ2v) is 4.75. The molecule has 0 atom stereocenters. The molecule has 0 saturated heterocycles. The minimum atomic E-state index is -0.183. The maximum Gasteiger partial charge on any atom is 0.240 e. The average Bonchev–Trinajstić information content (AvgIpc) is 2.37. The molecule has 19 heavy (non-hydrogen) atoms. The minimum absolute atomic E-state index is 0.0104. The lowest BCUT2D eigenvalue weighted by atomic mass is 10.1. The van der Waals surface area contributed by atoms with Crippen molar-refractivity contribution in [2.45, 2.75) is 27.2 Å². The zero-order valence-electron chi connectivity index (χ0n) is 11.5. The van der Waals surface area contributed by atoms with Crippen molar-refractivity contribution in [2.75, 3.05) is 18.0 Å². The van der Waals surface area contributed by atoms with Crippen LogP contribution in [0, 0.1) is 6.92 Å². The van der Waals surface area contributed by atoms with E-state index in [1.807, 2.05) is 13.8 Å². The first-order valence-electron chi connectivity index (χ1n) is 6.27. The van der Waals surface area contributed by atoms with Crippen LogP contribution in [0.3, 0.4) is 0 Å². The molecule has 0 spiro atoms. The van der Waals surface area contributed by atoms with Crippen molar-refractivity contribution >= 4 is 29.1 Å². The molecule has 2 amide bonds. The van der Waals surface area contributed by atoms with Crippen LogP contribution in [0.2, 0.25) is 5.02 Å². The van der Waals surface area contributed by atoms with E-state index in [9.17, 15) is 9.59 Å². The van der Waals surface area contributed by atoms with Gasteiger partial charge in [0.25, 0.3) is 0 Å². The molecule has 0 aliphatic heterocycles. The summed E-state index contributed by atoms with van der Waals surface area (Å²) in [5, 5.41) is 3.34. The van der Waals surface area contributed by atoms with Gasteiger partial charge < -0.3 is 10.2 Å². The Bertz CT molecular complexity index is 475. The van der Waals surface area contributed by atoms with E-state index in [0.717, 1.165) is 12.0 Å². The first kappa shape index (κ1) is 15.5. The van der Waals surface area contributed by atoms with Gasteiger partial charge in [0.2, 0.25) is 11.8 Å². The number of benzene rings is 1. The van der Waals surface area contributed by atoms with Crippen LogP contribution in [0.25, 0.3) is 0 Å². The molecule has 0 bridgehead atoms. The van der Waals surface area contributed by atoms with Crippen LogP contribution < -0.4 is 10.2 Å². The van der Waals surface area contributed by atoms with Crippen LogP contribution >= 0.6 is 11.6 Å². The number of carbonyl (C=O) groups excluding carboxylic acids is 2. The predicted molar refractivity (Wildman–Crippen MR) is 77.5 cm³/mol. The zero-order chi connectivity index (χ0) is 14.4. The summed E-state index contributed by atoms with van der Waals surface area (Å²) in [4.78, 5) is 24.9. The summed E-state index contributed by atoms with van der Waals surface area (Å²) < 4.78 is 0. The molecule has 0 saturated carbocycles. The van der Waals surface area contributed by atoms with Crippen LogP contribution in [-0.4, -0.2) is 24.9 Å². The number of hydrogen-bond acceptors (Lipinski definition) is 2. The Labute approximate surface area is 118 Å². The van der Waals surface area contributed by atoms with Crippen molar-refractivity contribution in [1.82, 2.24) is 5.32 Å². The Morgan fingerprint density at radius 3 is 2.63 bits per heavy atom. The summed E-state index contributed by atoms with van der Waals surface area (Å²) in [7, 11) is 0. The monoisotopic (exact) mass is 282 g/mol. The van der Waals surface area contributed by atoms with E-state index < -0.39 is 0 Å². The van der Waals surface area contributed by atoms with Gasteiger partial charge in [-0.25, -0.2) is 0 Å². The van der Waals surface area contributed by atoms with Crippen LogP contribution in [0.5, 0.6) is 0 Å². The number of amides is 2. The summed E-state index contributed by atoms with van der Waals surface area (Å²) in [6, 6.07) is 5.32. The molecule has 0 radical (unpaired) electrons. The fourth-order valence-corrected chi connectivity index (χ4v) is 1.89. The second-order valence-electron chi connectivity index (χ2n) is 4.34. The molecule has 0 unspecified atom stereocenters. The quantitative estimate of drug-likeness (QED) is 0.902. The molecule has 5 heteroatoms. The highest BCUT2D eigenvalue weighted by atomic mass is 35.5. The lowest BCUT2D eigenvalue weighted by Crippen LogP contribution is -2.40. The van der Waals surface area contributed by atoms with Gasteiger partial charge in [-0.3, -0.25) is 9.59 Å². The molecule has 0 aromatic heterocycles. The highest BCUT2D eigenvalue weighted by Crippen LogP contribution is 2.26. The van der Waals surface area contributed by atoms with Crippen LogP contribution in [-0.2, 0) is 9.59 Å². The molecule has 1 aromatic rings. The van der Waals surface area contributed by atoms with Gasteiger partial charge in [-0.05, 0) is 31.0 Å². The van der Waals surface area contributed by atoms with Crippen molar-refractivity contribution in [2.24, 2.45) is 0 Å². The standard InChI is InChI=1S/C14H19ClN2O2/c1-4-8-16-14(19)9-17(11(3)18)13-7-5-6-12(15)10(13)2/h5-7H,4,8-9H2,1-3H3,(H,16,19). The number of halogens is 1. The van der Waals surface area contributed by atoms with Gasteiger partial charge in [0, 0.05) is 24.2 Å². The van der Waals surface area contributed by atoms with E-state index in [4.69, 9.17) is 11.6 Å². The fraction of sp³-hybridized carbons (Fsp3) is 0.429. The maximum absolute atomic E-state index is 11.7. The van der Waals surface area contributed by atoms with Crippen molar-refractivity contribution in [3.05, 3.63) is 28.8 Å². The number of carbonyl (C=O) groups is 2. The smallest absolute Gasteiger partial charge is 0.240 e. The number of rotatable bonds is 5. The Morgan fingerprint density at radius 2 is 2.05 bits per heavy atom. The predicted octanol–water partition coefficient (Wildman–Crippen LogP) is 2.53. The van der Waals surface area contributed by atoms with Gasteiger partial charge in [-0.2, -0.15) is 0 Å². The topological polar surface area (TPSA) is 49.4 Å². The van der Waals surface area contributed by atoms with Gasteiger partial charge >= 0.3 is 0 Å². The average molecular weight is 283 g/mol. The van der Waals surface area contributed by atoms with E-state index in [1.165, 1.54) is 11.8 Å². The van der Waals surface area contributed by atoms with Crippen molar-refractivity contribution in [3.8, 4) is 0 Å². The second kappa shape index (κ2) is 7.14. The molecule has 0 heterocycles. The molecule has 1 rings (SSSR count). The van der Waals surface area contributed by atoms with E-state index in [2.05, 4.69) is 5.32 Å². The van der Waals surface area contributed by atoms with Crippen molar-refractivity contribution in [3.63, 3.8) is 0 Å². The van der Waals surface area contributed by atoms with Crippen molar-refractivity contribution < 1.29 is 9.59 Å². The third kappa shape index (κ3) is 4.24. The first-order valence-corrected chi connectivity index (χ1v) is 6.65. The Morgan fingerprint density at radius 1 is 1.37 bits per heavy atom. The molecule has 1 N–H and O–H groups in total. The number of nitrogens with one attached hydrogen (secondary N) is 1. The van der Waals surface area contributed by atoms with E-state index in [0.29, 0.717) is 17.3 Å². The number of hydrogen-bond donors (Lipinski definition) is 1. The molecule has 0 aliphatic carbocycles. The third-order valence-corrected chi connectivity index (χ3v) is 3.19. The van der Waals surface area contributed by atoms with Crippen LogP contribution in [0.4, 0.5) is 5.69 Å². The van der Waals surface area contributed by atoms with E-state index in [1.54, 1.807) is 18.2 Å². The highest BCUT2D eigenvalue weighted by molar-refractivity contribution is 6.31. The Hall–Kier alpha value is -1.55. The lowest BCUT2D eigenvalue weighted by molar-refractivity contribution is -0.123. The summed E-state index contributed by atoms with van der Waals surface area (Å²) in [5.74, 6) is -0.353. The molecular formula is C14H19ClN2O2. The summed E-state index contributed by atoms with van der Waals surface area (Å²) in [5.41, 5.74) is 1.47. The highest BCUT2D eigenvalue weighted by Gasteiger charge is 2.18. The van der Waals surface area contributed by atoms with Crippen LogP contribution in [0.1, 0.15) is 25.8 Å². The Kier molecular flexibility index (Phi) is 5.83. The van der Waals surface area contributed by atoms with E-state index in [-0.39, 0.29) is 18.4 Å². The van der Waals surface area contributed by atoms with Gasteiger partial charge in [0.05, 0.1) is 0 Å². The SMILES string of the molecule is CCCNC(=O)CN(C(C)=O)c1cccc(Cl)c1C. The molecule has 0 aliphatic rings. The first-order chi connectivity index (χ1) is 8.97. The number of anilines is 1. The summed E-state index contributed by atoms with van der Waals surface area (Å²) >= 11 is 6.04. The lowest BCUT2D eigenvalue weighted by Gasteiger charge is -2.23. The normalized spacial score (nSPS) is 10.1. The summed E-state index contributed by atoms with van der Waals surface area (Å²) in [6.45, 7) is 5.87. The fourth-order valence-electron chi connectivity index (χ4n) is 1.72. The zero-order valence-corrected chi connectivity index (χ0v) is 12.3. The number of nitrogens with zero attached hydrogens (tertiary/aromatic N) is 1. The maximum atomic E-state index is 11.7. The Balaban J connectivity index is 2.92. The molecule has 1 aromatic carbocycles. The van der Waals surface area contributed by atoms with E-state index >= 15 is 0 Å². The van der Waals surface area contributed by atoms with Crippen LogP contribution in [0.15, 0.2) is 18.2 Å².